The Morgan fingerprint density at radius 2 is 2.39 bits per heavy atom. The van der Waals surface area contributed by atoms with Crippen molar-refractivity contribution in [1.29, 1.82) is 0 Å². The summed E-state index contributed by atoms with van der Waals surface area (Å²) >= 11 is 0. The highest BCUT2D eigenvalue weighted by Crippen LogP contribution is 2.17. The van der Waals surface area contributed by atoms with Gasteiger partial charge in [-0.1, -0.05) is 5.10 Å². The first-order chi connectivity index (χ1) is 8.83. The number of aryl methyl sites for hydroxylation is 1. The van der Waals surface area contributed by atoms with Gasteiger partial charge in [-0.05, 0) is 0 Å². The van der Waals surface area contributed by atoms with Crippen molar-refractivity contribution in [3.05, 3.63) is 30.4 Å². The van der Waals surface area contributed by atoms with E-state index >= 15 is 0 Å². The fourth-order valence-electron chi connectivity index (χ4n) is 1.51. The lowest BCUT2D eigenvalue weighted by Crippen LogP contribution is -1.98. The molecule has 3 rings (SSSR count). The van der Waals surface area contributed by atoms with Gasteiger partial charge in [0.2, 0.25) is 0 Å². The van der Waals surface area contributed by atoms with Crippen LogP contribution in [0.2, 0.25) is 0 Å². The van der Waals surface area contributed by atoms with E-state index in [1.165, 1.54) is 0 Å². The number of aromatic amines is 1. The van der Waals surface area contributed by atoms with Crippen LogP contribution < -0.4 is 5.32 Å². The molecule has 0 amide bonds. The van der Waals surface area contributed by atoms with Crippen LogP contribution in [0.3, 0.4) is 0 Å². The SMILES string of the molecule is Cn1ccnc1-c1nnc(NCc2cn[nH]c2)o1. The molecular weight excluding hydrogens is 234 g/mol. The number of hydrogen-bond acceptors (Lipinski definition) is 6. The zero-order valence-electron chi connectivity index (χ0n) is 9.66. The second-order valence-corrected chi connectivity index (χ2v) is 3.73. The van der Waals surface area contributed by atoms with Gasteiger partial charge in [-0.25, -0.2) is 4.98 Å². The van der Waals surface area contributed by atoms with Crippen LogP contribution in [0.1, 0.15) is 5.56 Å². The lowest BCUT2D eigenvalue weighted by Gasteiger charge is -1.97. The molecule has 0 aliphatic carbocycles. The number of imidazole rings is 1. The smallest absolute Gasteiger partial charge is 0.316 e. The van der Waals surface area contributed by atoms with Crippen LogP contribution in [0, 0.1) is 0 Å². The number of anilines is 1. The first-order valence-corrected chi connectivity index (χ1v) is 5.35. The Hall–Kier alpha value is -2.64. The highest BCUT2D eigenvalue weighted by Gasteiger charge is 2.12. The van der Waals surface area contributed by atoms with Crippen molar-refractivity contribution in [2.45, 2.75) is 6.54 Å². The number of hydrogen-bond donors (Lipinski definition) is 2. The Morgan fingerprint density at radius 3 is 3.11 bits per heavy atom. The molecule has 0 saturated heterocycles. The molecular formula is C10H11N7O. The zero-order chi connectivity index (χ0) is 12.4. The summed E-state index contributed by atoms with van der Waals surface area (Å²) < 4.78 is 7.27. The van der Waals surface area contributed by atoms with E-state index in [9.17, 15) is 0 Å². The number of aromatic nitrogens is 6. The molecule has 0 spiro atoms. The van der Waals surface area contributed by atoms with Gasteiger partial charge in [0.05, 0.1) is 6.20 Å². The molecule has 2 N–H and O–H groups in total. The largest absolute Gasteiger partial charge is 0.400 e. The lowest BCUT2D eigenvalue weighted by molar-refractivity contribution is 0.572. The minimum Gasteiger partial charge on any atom is -0.400 e. The summed E-state index contributed by atoms with van der Waals surface area (Å²) in [7, 11) is 1.87. The van der Waals surface area contributed by atoms with E-state index in [2.05, 4.69) is 30.7 Å². The fourth-order valence-corrected chi connectivity index (χ4v) is 1.51. The van der Waals surface area contributed by atoms with Crippen molar-refractivity contribution < 1.29 is 4.42 Å². The molecule has 8 heteroatoms. The molecule has 0 fully saturated rings. The third-order valence-electron chi connectivity index (χ3n) is 2.44. The van der Waals surface area contributed by atoms with Crippen molar-refractivity contribution in [3.8, 4) is 11.7 Å². The summed E-state index contributed by atoms with van der Waals surface area (Å²) in [5.41, 5.74) is 1.01. The molecule has 8 nitrogen and oxygen atoms in total. The fraction of sp³-hybridized carbons (Fsp3) is 0.200. The van der Waals surface area contributed by atoms with Gasteiger partial charge >= 0.3 is 6.01 Å². The summed E-state index contributed by atoms with van der Waals surface area (Å²) in [6.45, 7) is 0.568. The highest BCUT2D eigenvalue weighted by atomic mass is 16.4. The van der Waals surface area contributed by atoms with E-state index in [-0.39, 0.29) is 0 Å². The zero-order valence-corrected chi connectivity index (χ0v) is 9.66. The molecule has 0 bridgehead atoms. The molecule has 0 atom stereocenters. The number of nitrogens with one attached hydrogen (secondary N) is 2. The summed E-state index contributed by atoms with van der Waals surface area (Å²) in [5, 5.41) is 17.4. The molecule has 3 aromatic heterocycles. The quantitative estimate of drug-likeness (QED) is 0.705. The molecule has 3 heterocycles. The average Bonchev–Trinajstić information content (AvgIpc) is 3.07. The van der Waals surface area contributed by atoms with Crippen molar-refractivity contribution in [3.63, 3.8) is 0 Å². The molecule has 0 aliphatic rings. The monoisotopic (exact) mass is 245 g/mol. The Labute approximate surface area is 102 Å². The number of rotatable bonds is 4. The van der Waals surface area contributed by atoms with Gasteiger partial charge in [0.15, 0.2) is 5.82 Å². The first-order valence-electron chi connectivity index (χ1n) is 5.35. The average molecular weight is 245 g/mol. The van der Waals surface area contributed by atoms with E-state index < -0.39 is 0 Å². The minimum absolute atomic E-state index is 0.356. The van der Waals surface area contributed by atoms with Crippen molar-refractivity contribution in [2.24, 2.45) is 7.05 Å². The molecule has 92 valence electrons. The van der Waals surface area contributed by atoms with Gasteiger partial charge < -0.3 is 14.3 Å². The Morgan fingerprint density at radius 1 is 1.44 bits per heavy atom. The lowest BCUT2D eigenvalue weighted by atomic mass is 10.4. The predicted molar refractivity (Wildman–Crippen MR) is 62.4 cm³/mol. The normalized spacial score (nSPS) is 10.7. The van der Waals surface area contributed by atoms with Crippen molar-refractivity contribution >= 4 is 6.01 Å². The molecule has 0 unspecified atom stereocenters. The molecule has 0 saturated carbocycles. The Balaban J connectivity index is 1.72. The highest BCUT2D eigenvalue weighted by molar-refractivity contribution is 5.42. The third-order valence-corrected chi connectivity index (χ3v) is 2.44. The van der Waals surface area contributed by atoms with Gasteiger partial charge in [0, 0.05) is 37.7 Å². The van der Waals surface area contributed by atoms with E-state index in [1.807, 2.05) is 17.8 Å². The number of H-pyrrole nitrogens is 1. The van der Waals surface area contributed by atoms with Gasteiger partial charge in [0.25, 0.3) is 5.89 Å². The van der Waals surface area contributed by atoms with E-state index in [0.717, 1.165) is 5.56 Å². The van der Waals surface area contributed by atoms with Crippen molar-refractivity contribution in [2.75, 3.05) is 5.32 Å². The van der Waals surface area contributed by atoms with Crippen LogP contribution >= 0.6 is 0 Å². The van der Waals surface area contributed by atoms with Gasteiger partial charge in [0.1, 0.15) is 0 Å². The third kappa shape index (κ3) is 1.95. The van der Waals surface area contributed by atoms with Crippen LogP contribution in [0.4, 0.5) is 6.01 Å². The molecule has 0 aliphatic heterocycles. The van der Waals surface area contributed by atoms with Crippen LogP contribution in [0.5, 0.6) is 0 Å². The molecule has 3 aromatic rings. The maximum atomic E-state index is 5.46. The summed E-state index contributed by atoms with van der Waals surface area (Å²) in [6, 6.07) is 0.356. The van der Waals surface area contributed by atoms with E-state index in [1.54, 1.807) is 18.6 Å². The van der Waals surface area contributed by atoms with Crippen LogP contribution in [-0.2, 0) is 13.6 Å². The van der Waals surface area contributed by atoms with Gasteiger partial charge in [-0.15, -0.1) is 5.10 Å². The van der Waals surface area contributed by atoms with Crippen molar-refractivity contribution in [1.82, 2.24) is 29.9 Å². The summed E-state index contributed by atoms with van der Waals surface area (Å²) in [5.74, 6) is 1.02. The number of nitrogens with zero attached hydrogens (tertiary/aromatic N) is 5. The second-order valence-electron chi connectivity index (χ2n) is 3.73. The molecule has 0 radical (unpaired) electrons. The topological polar surface area (TPSA) is 97.5 Å². The van der Waals surface area contributed by atoms with E-state index in [4.69, 9.17) is 4.42 Å². The van der Waals surface area contributed by atoms with Crippen LogP contribution in [0.25, 0.3) is 11.7 Å². The van der Waals surface area contributed by atoms with Crippen LogP contribution in [0.15, 0.2) is 29.2 Å². The summed E-state index contributed by atoms with van der Waals surface area (Å²) in [6.07, 6.45) is 7.02. The molecule has 18 heavy (non-hydrogen) atoms. The minimum atomic E-state index is 0.356. The summed E-state index contributed by atoms with van der Waals surface area (Å²) in [4.78, 5) is 4.13. The first kappa shape index (κ1) is 10.5. The Kier molecular flexibility index (Phi) is 2.52. The van der Waals surface area contributed by atoms with Gasteiger partial charge in [-0.2, -0.15) is 5.10 Å². The Bertz CT molecular complexity index is 624. The maximum Gasteiger partial charge on any atom is 0.316 e. The predicted octanol–water partition coefficient (Wildman–Crippen LogP) is 0.805. The maximum absolute atomic E-state index is 5.46. The molecule has 0 aromatic carbocycles. The standard InChI is InChI=1S/C10H11N7O/c1-17-3-2-11-8(17)9-15-16-10(18-9)12-4-7-5-13-14-6-7/h2-3,5-6H,4H2,1H3,(H,12,16)(H,13,14). The van der Waals surface area contributed by atoms with E-state index in [0.29, 0.717) is 24.3 Å². The van der Waals surface area contributed by atoms with Crippen LogP contribution in [-0.4, -0.2) is 29.9 Å². The second kappa shape index (κ2) is 4.32. The van der Waals surface area contributed by atoms with Gasteiger partial charge in [-0.3, -0.25) is 5.10 Å².